The molecule has 1 aliphatic rings. The minimum absolute atomic E-state index is 0.0329. The monoisotopic (exact) mass is 336 g/mol. The number of nitrogens with zero attached hydrogens (tertiary/aromatic N) is 4. The summed E-state index contributed by atoms with van der Waals surface area (Å²) in [5.74, 6) is 0.741. The van der Waals surface area contributed by atoms with Crippen LogP contribution < -0.4 is 4.90 Å². The van der Waals surface area contributed by atoms with Gasteiger partial charge in [0.25, 0.3) is 5.69 Å². The second kappa shape index (κ2) is 5.58. The standard InChI is InChI=1S/C17H12N4O2S/c18-9-12-7-17(20-5-3-16-11(10-20)4-6-24-16)19-15-2-1-13(21(22)23)8-14(12)15/h1-2,4,6-8H,3,5,10H2. The summed E-state index contributed by atoms with van der Waals surface area (Å²) in [5.41, 5.74) is 2.28. The fraction of sp³-hybridized carbons (Fsp3) is 0.176. The minimum Gasteiger partial charge on any atom is -0.352 e. The van der Waals surface area contributed by atoms with Crippen LogP contribution in [0.4, 0.5) is 11.5 Å². The van der Waals surface area contributed by atoms with E-state index in [1.54, 1.807) is 23.5 Å². The number of non-ortho nitro benzene ring substituents is 1. The van der Waals surface area contributed by atoms with Gasteiger partial charge in [-0.05, 0) is 35.6 Å². The second-order valence-corrected chi connectivity index (χ2v) is 6.64. The van der Waals surface area contributed by atoms with Gasteiger partial charge in [0.2, 0.25) is 0 Å². The van der Waals surface area contributed by atoms with Crippen molar-refractivity contribution in [3.05, 3.63) is 61.8 Å². The molecule has 0 radical (unpaired) electrons. The molecular weight excluding hydrogens is 324 g/mol. The third-order valence-electron chi connectivity index (χ3n) is 4.24. The average Bonchev–Trinajstić information content (AvgIpc) is 3.07. The third-order valence-corrected chi connectivity index (χ3v) is 5.26. The van der Waals surface area contributed by atoms with Gasteiger partial charge in [-0.15, -0.1) is 11.3 Å². The quantitative estimate of drug-likeness (QED) is 0.527. The summed E-state index contributed by atoms with van der Waals surface area (Å²) in [6, 6.07) is 10.4. The first kappa shape index (κ1) is 14.6. The predicted octanol–water partition coefficient (Wildman–Crippen LogP) is 3.64. The normalized spacial score (nSPS) is 13.5. The second-order valence-electron chi connectivity index (χ2n) is 5.64. The summed E-state index contributed by atoms with van der Waals surface area (Å²) >= 11 is 1.77. The largest absolute Gasteiger partial charge is 0.352 e. The Balaban J connectivity index is 1.79. The van der Waals surface area contributed by atoms with Gasteiger partial charge in [0, 0.05) is 35.5 Å². The van der Waals surface area contributed by atoms with E-state index >= 15 is 0 Å². The van der Waals surface area contributed by atoms with Crippen LogP contribution in [0.15, 0.2) is 35.7 Å². The highest BCUT2D eigenvalue weighted by atomic mass is 32.1. The van der Waals surface area contributed by atoms with E-state index < -0.39 is 4.92 Å². The molecule has 4 rings (SSSR count). The molecule has 0 aliphatic carbocycles. The van der Waals surface area contributed by atoms with E-state index in [-0.39, 0.29) is 5.69 Å². The van der Waals surface area contributed by atoms with Crippen LogP contribution in [0, 0.1) is 21.4 Å². The SMILES string of the molecule is N#Cc1cc(N2CCc3sccc3C2)nc2ccc([N+](=O)[O-])cc12. The number of rotatable bonds is 2. The maximum absolute atomic E-state index is 10.9. The van der Waals surface area contributed by atoms with Gasteiger partial charge in [-0.1, -0.05) is 0 Å². The molecular formula is C17H12N4O2S. The number of nitro groups is 1. The molecule has 24 heavy (non-hydrogen) atoms. The van der Waals surface area contributed by atoms with Crippen LogP contribution in [0.2, 0.25) is 0 Å². The van der Waals surface area contributed by atoms with Gasteiger partial charge in [-0.25, -0.2) is 4.98 Å². The molecule has 118 valence electrons. The Hall–Kier alpha value is -2.98. The van der Waals surface area contributed by atoms with Crippen LogP contribution in [0.5, 0.6) is 0 Å². The maximum atomic E-state index is 10.9. The molecule has 2 aromatic heterocycles. The first-order valence-corrected chi connectivity index (χ1v) is 8.33. The van der Waals surface area contributed by atoms with Gasteiger partial charge in [0.1, 0.15) is 5.82 Å². The maximum Gasteiger partial charge on any atom is 0.270 e. The molecule has 0 fully saturated rings. The lowest BCUT2D eigenvalue weighted by Gasteiger charge is -2.28. The van der Waals surface area contributed by atoms with E-state index in [1.807, 2.05) is 0 Å². The molecule has 0 unspecified atom stereocenters. The highest BCUT2D eigenvalue weighted by Gasteiger charge is 2.20. The number of nitriles is 1. The van der Waals surface area contributed by atoms with Crippen LogP contribution in [-0.4, -0.2) is 16.5 Å². The summed E-state index contributed by atoms with van der Waals surface area (Å²) in [6.45, 7) is 1.62. The Kier molecular flexibility index (Phi) is 3.40. The van der Waals surface area contributed by atoms with Crippen molar-refractivity contribution < 1.29 is 4.92 Å². The van der Waals surface area contributed by atoms with Gasteiger partial charge >= 0.3 is 0 Å². The van der Waals surface area contributed by atoms with E-state index in [1.165, 1.54) is 22.6 Å². The number of pyridine rings is 1. The van der Waals surface area contributed by atoms with Crippen molar-refractivity contribution in [2.24, 2.45) is 0 Å². The van der Waals surface area contributed by atoms with Crippen molar-refractivity contribution >= 4 is 33.7 Å². The molecule has 0 saturated heterocycles. The summed E-state index contributed by atoms with van der Waals surface area (Å²) < 4.78 is 0. The fourth-order valence-corrected chi connectivity index (χ4v) is 3.90. The Morgan fingerprint density at radius 1 is 1.33 bits per heavy atom. The topological polar surface area (TPSA) is 83.1 Å². The zero-order valence-corrected chi connectivity index (χ0v) is 13.4. The number of aromatic nitrogens is 1. The molecule has 1 aliphatic heterocycles. The van der Waals surface area contributed by atoms with Crippen molar-refractivity contribution in [1.82, 2.24) is 4.98 Å². The van der Waals surface area contributed by atoms with Gasteiger partial charge < -0.3 is 4.90 Å². The third kappa shape index (κ3) is 2.37. The highest BCUT2D eigenvalue weighted by Crippen LogP contribution is 2.30. The van der Waals surface area contributed by atoms with Crippen molar-refractivity contribution in [3.63, 3.8) is 0 Å². The summed E-state index contributed by atoms with van der Waals surface area (Å²) in [6.07, 6.45) is 0.967. The zero-order chi connectivity index (χ0) is 16.7. The molecule has 0 saturated carbocycles. The van der Waals surface area contributed by atoms with Crippen molar-refractivity contribution in [3.8, 4) is 6.07 Å². The first-order valence-electron chi connectivity index (χ1n) is 7.45. The lowest BCUT2D eigenvalue weighted by Crippen LogP contribution is -2.30. The smallest absolute Gasteiger partial charge is 0.270 e. The molecule has 0 atom stereocenters. The van der Waals surface area contributed by atoms with Gasteiger partial charge in [0.05, 0.1) is 22.1 Å². The van der Waals surface area contributed by atoms with Crippen molar-refractivity contribution in [1.29, 1.82) is 5.26 Å². The highest BCUT2D eigenvalue weighted by molar-refractivity contribution is 7.10. The molecule has 7 heteroatoms. The van der Waals surface area contributed by atoms with Crippen molar-refractivity contribution in [2.45, 2.75) is 13.0 Å². The lowest BCUT2D eigenvalue weighted by atomic mass is 10.1. The van der Waals surface area contributed by atoms with E-state index in [2.05, 4.69) is 27.4 Å². The van der Waals surface area contributed by atoms with Gasteiger partial charge in [0.15, 0.2) is 0 Å². The Morgan fingerprint density at radius 3 is 3.00 bits per heavy atom. The summed E-state index contributed by atoms with van der Waals surface area (Å²) in [5, 5.41) is 23.0. The van der Waals surface area contributed by atoms with Crippen LogP contribution in [0.3, 0.4) is 0 Å². The van der Waals surface area contributed by atoms with Crippen LogP contribution >= 0.6 is 11.3 Å². The van der Waals surface area contributed by atoms with Gasteiger partial charge in [-0.2, -0.15) is 5.26 Å². The Morgan fingerprint density at radius 2 is 2.21 bits per heavy atom. The van der Waals surface area contributed by atoms with E-state index in [0.29, 0.717) is 16.5 Å². The number of benzene rings is 1. The number of anilines is 1. The predicted molar refractivity (Wildman–Crippen MR) is 92.2 cm³/mol. The molecule has 0 amide bonds. The average molecular weight is 336 g/mol. The van der Waals surface area contributed by atoms with Crippen LogP contribution in [0.1, 0.15) is 16.0 Å². The van der Waals surface area contributed by atoms with Gasteiger partial charge in [-0.3, -0.25) is 10.1 Å². The molecule has 0 bridgehead atoms. The van der Waals surface area contributed by atoms with E-state index in [0.717, 1.165) is 25.3 Å². The summed E-state index contributed by atoms with van der Waals surface area (Å²) in [7, 11) is 0. The minimum atomic E-state index is -0.461. The molecule has 3 aromatic rings. The first-order chi connectivity index (χ1) is 11.7. The number of fused-ring (bicyclic) bond motifs is 2. The van der Waals surface area contributed by atoms with Crippen LogP contribution in [-0.2, 0) is 13.0 Å². The van der Waals surface area contributed by atoms with Crippen molar-refractivity contribution in [2.75, 3.05) is 11.4 Å². The number of hydrogen-bond donors (Lipinski definition) is 0. The number of nitro benzene ring substituents is 1. The molecule has 0 spiro atoms. The zero-order valence-electron chi connectivity index (χ0n) is 12.6. The number of thiophene rings is 1. The van der Waals surface area contributed by atoms with Crippen LogP contribution in [0.25, 0.3) is 10.9 Å². The van der Waals surface area contributed by atoms with E-state index in [4.69, 9.17) is 0 Å². The Labute approximate surface area is 141 Å². The molecule has 3 heterocycles. The molecule has 6 nitrogen and oxygen atoms in total. The summed E-state index contributed by atoms with van der Waals surface area (Å²) in [4.78, 5) is 18.7. The fourth-order valence-electron chi connectivity index (χ4n) is 3.01. The molecule has 0 N–H and O–H groups in total. The Bertz CT molecular complexity index is 1010. The molecule has 1 aromatic carbocycles. The van der Waals surface area contributed by atoms with E-state index in [9.17, 15) is 15.4 Å². The number of hydrogen-bond acceptors (Lipinski definition) is 6. The lowest BCUT2D eigenvalue weighted by molar-refractivity contribution is -0.384.